The van der Waals surface area contributed by atoms with E-state index in [4.69, 9.17) is 11.6 Å². The van der Waals surface area contributed by atoms with Gasteiger partial charge in [-0.25, -0.2) is 10.3 Å². The number of halogens is 1. The van der Waals surface area contributed by atoms with Crippen molar-refractivity contribution in [1.29, 1.82) is 0 Å². The van der Waals surface area contributed by atoms with Crippen LogP contribution in [-0.4, -0.2) is 28.9 Å². The summed E-state index contributed by atoms with van der Waals surface area (Å²) in [5.41, 5.74) is 7.05. The normalized spacial score (nSPS) is 24.1. The highest BCUT2D eigenvalue weighted by Gasteiger charge is 2.68. The molecule has 2 atom stereocenters. The van der Waals surface area contributed by atoms with E-state index >= 15 is 0 Å². The molecule has 0 radical (unpaired) electrons. The van der Waals surface area contributed by atoms with Crippen LogP contribution in [0.4, 0.5) is 5.69 Å². The maximum Gasteiger partial charge on any atom is 0.271 e. The highest BCUT2D eigenvalue weighted by molar-refractivity contribution is 6.32. The minimum atomic E-state index is -1.08. The number of benzene rings is 3. The number of amides is 3. The van der Waals surface area contributed by atoms with Crippen molar-refractivity contribution >= 4 is 41.2 Å². The molecule has 40 heavy (non-hydrogen) atoms. The lowest BCUT2D eigenvalue weighted by atomic mass is 9.47. The number of aromatic nitrogens is 1. The Morgan fingerprint density at radius 2 is 1.60 bits per heavy atom. The SMILES string of the molecule is Cc1ccc(N2C(=O)[C@@H]3[C@@H](C2=O)C2c4ccccc4C3(/C=N\NC(=O)c3ccncc3)c3ccccc32)cc1Cl. The van der Waals surface area contributed by atoms with Crippen molar-refractivity contribution in [2.75, 3.05) is 4.90 Å². The Morgan fingerprint density at radius 3 is 2.25 bits per heavy atom. The standard InChI is InChI=1S/C32H23ClN4O3/c1-18-10-11-20(16-25(18)33)37-30(39)27-26-21-6-2-4-8-23(21)32(28(27)31(37)40,24-9-5-3-7-22(24)26)17-35-36-29(38)19-12-14-34-15-13-19/h2-17,26-28H,1H3,(H,36,38)/b35-17-/t26?,27-,28-,32?/m0/s1. The Morgan fingerprint density at radius 1 is 0.950 bits per heavy atom. The molecular formula is C32H23ClN4O3. The summed E-state index contributed by atoms with van der Waals surface area (Å²) < 4.78 is 0. The van der Waals surface area contributed by atoms with E-state index in [1.165, 1.54) is 17.3 Å². The minimum Gasteiger partial charge on any atom is -0.274 e. The molecule has 7 nitrogen and oxygen atoms in total. The number of rotatable bonds is 4. The molecule has 0 saturated carbocycles. The van der Waals surface area contributed by atoms with Crippen molar-refractivity contribution in [3.63, 3.8) is 0 Å². The van der Waals surface area contributed by atoms with Crippen LogP contribution in [0.1, 0.15) is 44.1 Å². The van der Waals surface area contributed by atoms with Crippen molar-refractivity contribution in [3.05, 3.63) is 130 Å². The summed E-state index contributed by atoms with van der Waals surface area (Å²) in [4.78, 5) is 46.7. The monoisotopic (exact) mass is 546 g/mol. The van der Waals surface area contributed by atoms with Gasteiger partial charge in [-0.2, -0.15) is 5.10 Å². The molecule has 1 N–H and O–H groups in total. The van der Waals surface area contributed by atoms with Crippen LogP contribution in [0.15, 0.2) is 96.4 Å². The second kappa shape index (κ2) is 8.96. The molecule has 1 aromatic heterocycles. The molecule has 4 aromatic rings. The van der Waals surface area contributed by atoms with Crippen LogP contribution in [-0.2, 0) is 15.0 Å². The largest absolute Gasteiger partial charge is 0.274 e. The van der Waals surface area contributed by atoms with E-state index in [0.717, 1.165) is 27.8 Å². The molecule has 0 unspecified atom stereocenters. The van der Waals surface area contributed by atoms with Crippen LogP contribution in [0.5, 0.6) is 0 Å². The second-order valence-corrected chi connectivity index (χ2v) is 10.8. The molecule has 2 bridgehead atoms. The summed E-state index contributed by atoms with van der Waals surface area (Å²) in [6.45, 7) is 1.87. The zero-order valence-electron chi connectivity index (χ0n) is 21.4. The van der Waals surface area contributed by atoms with Gasteiger partial charge in [0.1, 0.15) is 0 Å². The molecule has 196 valence electrons. The van der Waals surface area contributed by atoms with Gasteiger partial charge in [0.15, 0.2) is 0 Å². The summed E-state index contributed by atoms with van der Waals surface area (Å²) in [6.07, 6.45) is 4.71. The molecule has 2 heterocycles. The summed E-state index contributed by atoms with van der Waals surface area (Å²) >= 11 is 6.42. The fourth-order valence-corrected chi connectivity index (χ4v) is 6.96. The van der Waals surface area contributed by atoms with Gasteiger partial charge < -0.3 is 0 Å². The molecule has 8 rings (SSSR count). The molecule has 0 spiro atoms. The average Bonchev–Trinajstić information content (AvgIpc) is 3.25. The van der Waals surface area contributed by atoms with Gasteiger partial charge >= 0.3 is 0 Å². The lowest BCUT2D eigenvalue weighted by Gasteiger charge is -2.52. The molecule has 1 aliphatic heterocycles. The van der Waals surface area contributed by atoms with Crippen LogP contribution in [0.3, 0.4) is 0 Å². The first kappa shape index (κ1) is 24.4. The van der Waals surface area contributed by atoms with E-state index in [1.807, 2.05) is 61.5 Å². The van der Waals surface area contributed by atoms with E-state index in [-0.39, 0.29) is 17.7 Å². The molecule has 3 amide bonds. The number of pyridine rings is 1. The zero-order valence-corrected chi connectivity index (χ0v) is 22.2. The number of anilines is 1. The molecule has 1 fully saturated rings. The number of nitrogens with one attached hydrogen (secondary N) is 1. The Hall–Kier alpha value is -4.62. The molecule has 8 heteroatoms. The quantitative estimate of drug-likeness (QED) is 0.221. The van der Waals surface area contributed by atoms with Gasteiger partial charge in [-0.05, 0) is 59.0 Å². The first-order valence-electron chi connectivity index (χ1n) is 13.0. The highest BCUT2D eigenvalue weighted by Crippen LogP contribution is 2.63. The maximum absolute atomic E-state index is 14.4. The minimum absolute atomic E-state index is 0.262. The van der Waals surface area contributed by atoms with Crippen molar-refractivity contribution in [1.82, 2.24) is 10.4 Å². The van der Waals surface area contributed by atoms with Crippen molar-refractivity contribution in [3.8, 4) is 0 Å². The zero-order chi connectivity index (χ0) is 27.6. The number of aryl methyl sites for hydroxylation is 1. The van der Waals surface area contributed by atoms with E-state index in [0.29, 0.717) is 16.3 Å². The first-order chi connectivity index (χ1) is 19.4. The van der Waals surface area contributed by atoms with E-state index < -0.39 is 23.2 Å². The third-order valence-electron chi connectivity index (χ3n) is 8.47. The van der Waals surface area contributed by atoms with Gasteiger partial charge in [-0.15, -0.1) is 0 Å². The number of hydrogen-bond donors (Lipinski definition) is 1. The fraction of sp³-hybridized carbons (Fsp3) is 0.156. The van der Waals surface area contributed by atoms with Gasteiger partial charge in [0.2, 0.25) is 11.8 Å². The Balaban J connectivity index is 1.41. The fourth-order valence-electron chi connectivity index (χ4n) is 6.79. The van der Waals surface area contributed by atoms with E-state index in [9.17, 15) is 14.4 Å². The van der Waals surface area contributed by atoms with Crippen LogP contribution >= 0.6 is 11.6 Å². The maximum atomic E-state index is 14.4. The number of imide groups is 1. The highest BCUT2D eigenvalue weighted by atomic mass is 35.5. The average molecular weight is 547 g/mol. The first-order valence-corrected chi connectivity index (χ1v) is 13.4. The smallest absolute Gasteiger partial charge is 0.271 e. The second-order valence-electron chi connectivity index (χ2n) is 10.4. The van der Waals surface area contributed by atoms with Crippen molar-refractivity contribution < 1.29 is 14.4 Å². The molecule has 3 aromatic carbocycles. The van der Waals surface area contributed by atoms with Crippen LogP contribution in [0.2, 0.25) is 5.02 Å². The summed E-state index contributed by atoms with van der Waals surface area (Å²) in [5.74, 6) is -2.65. The van der Waals surface area contributed by atoms with Gasteiger partial charge in [-0.3, -0.25) is 19.4 Å². The van der Waals surface area contributed by atoms with Crippen molar-refractivity contribution in [2.24, 2.45) is 16.9 Å². The number of nitrogens with zero attached hydrogens (tertiary/aromatic N) is 3. The van der Waals surface area contributed by atoms with Crippen LogP contribution < -0.4 is 10.3 Å². The molecule has 3 aliphatic carbocycles. The molecule has 4 aliphatic rings. The molecular weight excluding hydrogens is 524 g/mol. The Bertz CT molecular complexity index is 1700. The Labute approximate surface area is 235 Å². The van der Waals surface area contributed by atoms with Crippen LogP contribution in [0.25, 0.3) is 0 Å². The van der Waals surface area contributed by atoms with E-state index in [1.54, 1.807) is 30.5 Å². The predicted octanol–water partition coefficient (Wildman–Crippen LogP) is 5.01. The summed E-state index contributed by atoms with van der Waals surface area (Å²) in [6, 6.07) is 24.2. The number of carbonyl (C=O) groups excluding carboxylic acids is 3. The third kappa shape index (κ3) is 3.27. The van der Waals surface area contributed by atoms with E-state index in [2.05, 4.69) is 15.5 Å². The number of hydrazone groups is 1. The van der Waals surface area contributed by atoms with Crippen LogP contribution in [0, 0.1) is 18.8 Å². The van der Waals surface area contributed by atoms with Crippen molar-refractivity contribution in [2.45, 2.75) is 18.3 Å². The lowest BCUT2D eigenvalue weighted by Crippen LogP contribution is -2.54. The van der Waals surface area contributed by atoms with Gasteiger partial charge in [0, 0.05) is 35.1 Å². The van der Waals surface area contributed by atoms with Gasteiger partial charge in [0.25, 0.3) is 5.91 Å². The topological polar surface area (TPSA) is 91.7 Å². The summed E-state index contributed by atoms with van der Waals surface area (Å²) in [7, 11) is 0. The number of hydrogen-bond acceptors (Lipinski definition) is 5. The molecule has 1 saturated heterocycles. The number of carbonyl (C=O) groups is 3. The predicted molar refractivity (Wildman–Crippen MR) is 151 cm³/mol. The lowest BCUT2D eigenvalue weighted by molar-refractivity contribution is -0.122. The third-order valence-corrected chi connectivity index (χ3v) is 8.88. The summed E-state index contributed by atoms with van der Waals surface area (Å²) in [5, 5.41) is 4.92. The Kier molecular flexibility index (Phi) is 5.47. The van der Waals surface area contributed by atoms with Gasteiger partial charge in [0.05, 0.1) is 22.9 Å². The van der Waals surface area contributed by atoms with Gasteiger partial charge in [-0.1, -0.05) is 66.2 Å².